The van der Waals surface area contributed by atoms with Crippen LogP contribution in [0.5, 0.6) is 11.5 Å². The molecule has 0 saturated heterocycles. The molecule has 0 aliphatic heterocycles. The Kier molecular flexibility index (Phi) is 4.62. The number of methoxy groups -OCH3 is 2. The van der Waals surface area contributed by atoms with Crippen LogP contribution in [0.15, 0.2) is 16.6 Å². The lowest BCUT2D eigenvalue weighted by Gasteiger charge is -2.12. The molecule has 1 aromatic rings. The molecule has 1 rings (SSSR count). The van der Waals surface area contributed by atoms with Gasteiger partial charge in [-0.1, -0.05) is 0 Å². The largest absolute Gasteiger partial charge is 0.496 e. The summed E-state index contributed by atoms with van der Waals surface area (Å²) < 4.78 is 10.9. The van der Waals surface area contributed by atoms with Gasteiger partial charge in [0.25, 0.3) is 0 Å². The molecule has 0 fully saturated rings. The molecule has 0 aliphatic rings. The fraction of sp³-hybridized carbons (Fsp3) is 0.364. The molecule has 1 aromatic carbocycles. The highest BCUT2D eigenvalue weighted by Crippen LogP contribution is 2.33. The second-order valence-electron chi connectivity index (χ2n) is 3.17. The van der Waals surface area contributed by atoms with Crippen LogP contribution in [0.4, 0.5) is 0 Å². The zero-order valence-corrected chi connectivity index (χ0v) is 11.6. The number of ketones is 1. The number of benzene rings is 1. The van der Waals surface area contributed by atoms with Gasteiger partial charge in [0.05, 0.1) is 29.6 Å². The molecule has 5 heteroatoms. The Bertz CT molecular complexity index is 404. The van der Waals surface area contributed by atoms with Gasteiger partial charge in [-0.15, -0.1) is 11.6 Å². The zero-order chi connectivity index (χ0) is 12.3. The number of rotatable bonds is 4. The molecule has 0 aliphatic carbocycles. The predicted molar refractivity (Wildman–Crippen MR) is 66.9 cm³/mol. The maximum Gasteiger partial charge on any atom is 0.184 e. The Balaban J connectivity index is 3.28. The summed E-state index contributed by atoms with van der Waals surface area (Å²) >= 11 is 9.08. The topological polar surface area (TPSA) is 35.5 Å². The van der Waals surface area contributed by atoms with Crippen molar-refractivity contribution in [1.82, 2.24) is 0 Å². The summed E-state index contributed by atoms with van der Waals surface area (Å²) in [4.78, 5) is 11.8. The first-order chi connectivity index (χ1) is 7.51. The first-order valence-corrected chi connectivity index (χ1v) is 5.84. The quantitative estimate of drug-likeness (QED) is 0.632. The Labute approximate surface area is 108 Å². The van der Waals surface area contributed by atoms with Crippen LogP contribution in [0.25, 0.3) is 0 Å². The van der Waals surface area contributed by atoms with Gasteiger partial charge in [-0.05, 0) is 28.9 Å². The number of alkyl halides is 1. The van der Waals surface area contributed by atoms with Gasteiger partial charge >= 0.3 is 0 Å². The van der Waals surface area contributed by atoms with Crippen molar-refractivity contribution < 1.29 is 14.3 Å². The normalized spacial score (nSPS) is 12.1. The van der Waals surface area contributed by atoms with Gasteiger partial charge in [-0.2, -0.15) is 0 Å². The number of hydrogen-bond acceptors (Lipinski definition) is 3. The zero-order valence-electron chi connectivity index (χ0n) is 9.21. The van der Waals surface area contributed by atoms with E-state index < -0.39 is 5.38 Å². The summed E-state index contributed by atoms with van der Waals surface area (Å²) in [5.74, 6) is 0.884. The van der Waals surface area contributed by atoms with Crippen molar-refractivity contribution in [2.45, 2.75) is 12.3 Å². The first kappa shape index (κ1) is 13.3. The van der Waals surface area contributed by atoms with Crippen molar-refractivity contribution in [3.05, 3.63) is 22.2 Å². The SMILES string of the molecule is COc1cc(OC)c(C(=O)C(C)Cl)cc1Br. The van der Waals surface area contributed by atoms with Gasteiger partial charge in [0.15, 0.2) is 5.78 Å². The van der Waals surface area contributed by atoms with Gasteiger partial charge in [0.2, 0.25) is 0 Å². The molecule has 0 bridgehead atoms. The molecule has 0 spiro atoms. The summed E-state index contributed by atoms with van der Waals surface area (Å²) in [7, 11) is 3.05. The van der Waals surface area contributed by atoms with Crippen LogP contribution < -0.4 is 9.47 Å². The Morgan fingerprint density at radius 3 is 2.31 bits per heavy atom. The van der Waals surface area contributed by atoms with Crippen molar-refractivity contribution in [1.29, 1.82) is 0 Å². The van der Waals surface area contributed by atoms with E-state index in [4.69, 9.17) is 21.1 Å². The van der Waals surface area contributed by atoms with Gasteiger partial charge < -0.3 is 9.47 Å². The second-order valence-corrected chi connectivity index (χ2v) is 4.68. The summed E-state index contributed by atoms with van der Waals surface area (Å²) in [6, 6.07) is 3.30. The van der Waals surface area contributed by atoms with E-state index in [1.54, 1.807) is 26.2 Å². The van der Waals surface area contributed by atoms with Crippen LogP contribution in [0.2, 0.25) is 0 Å². The van der Waals surface area contributed by atoms with Crippen LogP contribution >= 0.6 is 27.5 Å². The average molecular weight is 308 g/mol. The summed E-state index contributed by atoms with van der Waals surface area (Å²) in [6.07, 6.45) is 0. The maximum atomic E-state index is 11.8. The van der Waals surface area contributed by atoms with Crippen molar-refractivity contribution in [3.63, 3.8) is 0 Å². The van der Waals surface area contributed by atoms with Crippen LogP contribution in [0, 0.1) is 0 Å². The highest BCUT2D eigenvalue weighted by Gasteiger charge is 2.19. The summed E-state index contributed by atoms with van der Waals surface area (Å²) in [5.41, 5.74) is 0.442. The standard InChI is InChI=1S/C11H12BrClO3/c1-6(13)11(14)7-4-8(12)10(16-3)5-9(7)15-2/h4-6H,1-3H3. The van der Waals surface area contributed by atoms with E-state index in [-0.39, 0.29) is 5.78 Å². The Hall–Kier alpha value is -0.740. The van der Waals surface area contributed by atoms with Gasteiger partial charge in [-0.3, -0.25) is 4.79 Å². The van der Waals surface area contributed by atoms with Crippen molar-refractivity contribution in [3.8, 4) is 11.5 Å². The molecule has 0 N–H and O–H groups in total. The summed E-state index contributed by atoms with van der Waals surface area (Å²) in [5, 5.41) is -0.589. The number of ether oxygens (including phenoxy) is 2. The highest BCUT2D eigenvalue weighted by molar-refractivity contribution is 9.10. The Morgan fingerprint density at radius 2 is 1.88 bits per heavy atom. The molecule has 88 valence electrons. The fourth-order valence-corrected chi connectivity index (χ4v) is 1.89. The monoisotopic (exact) mass is 306 g/mol. The van der Waals surface area contributed by atoms with Gasteiger partial charge in [0, 0.05) is 6.07 Å². The molecular weight excluding hydrogens is 295 g/mol. The number of Topliss-reactive ketones (excluding diaryl/α,β-unsaturated/α-hetero) is 1. The third-order valence-electron chi connectivity index (χ3n) is 2.10. The minimum absolute atomic E-state index is 0.179. The fourth-order valence-electron chi connectivity index (χ4n) is 1.27. The lowest BCUT2D eigenvalue weighted by atomic mass is 10.1. The molecule has 0 radical (unpaired) electrons. The third kappa shape index (κ3) is 2.68. The van der Waals surface area contributed by atoms with Gasteiger partial charge in [-0.25, -0.2) is 0 Å². The highest BCUT2D eigenvalue weighted by atomic mass is 79.9. The lowest BCUT2D eigenvalue weighted by molar-refractivity contribution is 0.0988. The molecule has 16 heavy (non-hydrogen) atoms. The summed E-state index contributed by atoms with van der Waals surface area (Å²) in [6.45, 7) is 1.63. The van der Waals surface area contributed by atoms with E-state index in [1.165, 1.54) is 7.11 Å². The van der Waals surface area contributed by atoms with Crippen LogP contribution in [0.3, 0.4) is 0 Å². The Morgan fingerprint density at radius 1 is 1.31 bits per heavy atom. The van der Waals surface area contributed by atoms with Crippen LogP contribution in [-0.4, -0.2) is 25.4 Å². The average Bonchev–Trinajstić information content (AvgIpc) is 2.27. The molecule has 0 heterocycles. The molecule has 0 aromatic heterocycles. The van der Waals surface area contributed by atoms with Crippen LogP contribution in [-0.2, 0) is 0 Å². The number of carbonyl (C=O) groups excluding carboxylic acids is 1. The van der Waals surface area contributed by atoms with E-state index in [9.17, 15) is 4.79 Å². The number of carbonyl (C=O) groups is 1. The first-order valence-electron chi connectivity index (χ1n) is 4.61. The number of halogens is 2. The van der Waals surface area contributed by atoms with E-state index in [0.29, 0.717) is 21.5 Å². The van der Waals surface area contributed by atoms with Crippen molar-refractivity contribution in [2.24, 2.45) is 0 Å². The van der Waals surface area contributed by atoms with Crippen molar-refractivity contribution >= 4 is 33.3 Å². The number of hydrogen-bond donors (Lipinski definition) is 0. The van der Waals surface area contributed by atoms with Crippen LogP contribution in [0.1, 0.15) is 17.3 Å². The molecule has 0 amide bonds. The smallest absolute Gasteiger partial charge is 0.184 e. The molecule has 3 nitrogen and oxygen atoms in total. The van der Waals surface area contributed by atoms with Gasteiger partial charge in [0.1, 0.15) is 11.5 Å². The third-order valence-corrected chi connectivity index (χ3v) is 2.92. The van der Waals surface area contributed by atoms with E-state index in [2.05, 4.69) is 15.9 Å². The minimum Gasteiger partial charge on any atom is -0.496 e. The predicted octanol–water partition coefficient (Wildman–Crippen LogP) is 3.28. The molecule has 1 unspecified atom stereocenters. The van der Waals surface area contributed by atoms with E-state index >= 15 is 0 Å². The van der Waals surface area contributed by atoms with E-state index in [0.717, 1.165) is 0 Å². The maximum absolute atomic E-state index is 11.8. The lowest BCUT2D eigenvalue weighted by Crippen LogP contribution is -2.12. The molecule has 1 atom stereocenters. The second kappa shape index (κ2) is 5.55. The molecule has 0 saturated carbocycles. The van der Waals surface area contributed by atoms with E-state index in [1.807, 2.05) is 0 Å². The molecular formula is C11H12BrClO3. The minimum atomic E-state index is -0.589. The van der Waals surface area contributed by atoms with Crippen molar-refractivity contribution in [2.75, 3.05) is 14.2 Å².